The van der Waals surface area contributed by atoms with Gasteiger partial charge in [-0.15, -0.1) is 0 Å². The van der Waals surface area contributed by atoms with Gasteiger partial charge in [-0.1, -0.05) is 0 Å². The van der Waals surface area contributed by atoms with Crippen molar-refractivity contribution in [3.05, 3.63) is 18.5 Å². The second kappa shape index (κ2) is 7.04. The van der Waals surface area contributed by atoms with E-state index in [1.807, 2.05) is 6.07 Å². The van der Waals surface area contributed by atoms with Gasteiger partial charge in [-0.3, -0.25) is 4.79 Å². The van der Waals surface area contributed by atoms with Crippen LogP contribution in [0.5, 0.6) is 0 Å². The average Bonchev–Trinajstić information content (AvgIpc) is 2.47. The van der Waals surface area contributed by atoms with E-state index < -0.39 is 0 Å². The molecule has 1 saturated heterocycles. The Balaban J connectivity index is 1.75. The van der Waals surface area contributed by atoms with Crippen LogP contribution in [0.3, 0.4) is 0 Å². The molecule has 0 saturated carbocycles. The van der Waals surface area contributed by atoms with E-state index in [0.29, 0.717) is 18.9 Å². The van der Waals surface area contributed by atoms with Crippen molar-refractivity contribution in [3.8, 4) is 0 Å². The quantitative estimate of drug-likeness (QED) is 0.794. The zero-order valence-corrected chi connectivity index (χ0v) is 11.0. The lowest BCUT2D eigenvalue weighted by Gasteiger charge is -2.31. The van der Waals surface area contributed by atoms with Gasteiger partial charge in [0, 0.05) is 38.4 Å². The van der Waals surface area contributed by atoms with Crippen LogP contribution in [0.2, 0.25) is 0 Å². The molecule has 0 bridgehead atoms. The van der Waals surface area contributed by atoms with Crippen molar-refractivity contribution in [1.29, 1.82) is 0 Å². The molecule has 2 heterocycles. The highest BCUT2D eigenvalue weighted by Crippen LogP contribution is 2.22. The van der Waals surface area contributed by atoms with Gasteiger partial charge in [0.1, 0.15) is 0 Å². The number of carbonyl (C=O) groups is 1. The molecular weight excluding hydrogens is 244 g/mol. The van der Waals surface area contributed by atoms with Crippen LogP contribution in [0.15, 0.2) is 18.5 Å². The first-order valence-corrected chi connectivity index (χ1v) is 6.69. The predicted octanol–water partition coefficient (Wildman–Crippen LogP) is 0.192. The number of anilines is 1. The molecule has 1 amide bonds. The molecular formula is C13H20N4O2. The number of nitrogens with zero attached hydrogens (tertiary/aromatic N) is 3. The van der Waals surface area contributed by atoms with Gasteiger partial charge in [0.05, 0.1) is 6.61 Å². The summed E-state index contributed by atoms with van der Waals surface area (Å²) in [4.78, 5) is 22.2. The molecule has 1 aromatic rings. The molecule has 19 heavy (non-hydrogen) atoms. The van der Waals surface area contributed by atoms with Crippen LogP contribution in [0, 0.1) is 5.92 Å². The summed E-state index contributed by atoms with van der Waals surface area (Å²) < 4.78 is 0. The van der Waals surface area contributed by atoms with Crippen LogP contribution in [-0.4, -0.2) is 47.2 Å². The fourth-order valence-corrected chi connectivity index (χ4v) is 2.32. The van der Waals surface area contributed by atoms with Gasteiger partial charge in [-0.05, 0) is 24.8 Å². The largest absolute Gasteiger partial charge is 0.395 e. The van der Waals surface area contributed by atoms with Crippen molar-refractivity contribution in [2.24, 2.45) is 5.92 Å². The number of aliphatic hydroxyl groups is 1. The standard InChI is InChI=1S/C13H20N4O2/c18-9-6-14-12(19)10-11-2-7-17(8-3-11)13-15-4-1-5-16-13/h1,4-5,11,18H,2-3,6-10H2,(H,14,19). The molecule has 2 rings (SSSR count). The number of hydrogen-bond acceptors (Lipinski definition) is 5. The van der Waals surface area contributed by atoms with Gasteiger partial charge in [0.2, 0.25) is 11.9 Å². The molecule has 1 aliphatic rings. The summed E-state index contributed by atoms with van der Waals surface area (Å²) in [7, 11) is 0. The Kier molecular flexibility index (Phi) is 5.09. The molecule has 1 aliphatic heterocycles. The van der Waals surface area contributed by atoms with Gasteiger partial charge < -0.3 is 15.3 Å². The van der Waals surface area contributed by atoms with Crippen molar-refractivity contribution in [3.63, 3.8) is 0 Å². The first-order valence-electron chi connectivity index (χ1n) is 6.69. The topological polar surface area (TPSA) is 78.4 Å². The maximum absolute atomic E-state index is 11.6. The third-order valence-corrected chi connectivity index (χ3v) is 3.36. The zero-order valence-electron chi connectivity index (χ0n) is 11.0. The zero-order chi connectivity index (χ0) is 13.5. The van der Waals surface area contributed by atoms with Gasteiger partial charge in [0.25, 0.3) is 0 Å². The Morgan fingerprint density at radius 2 is 2.05 bits per heavy atom. The summed E-state index contributed by atoms with van der Waals surface area (Å²) in [6, 6.07) is 1.81. The highest BCUT2D eigenvalue weighted by atomic mass is 16.3. The Morgan fingerprint density at radius 3 is 2.68 bits per heavy atom. The minimum absolute atomic E-state index is 0.00443. The maximum atomic E-state index is 11.6. The first kappa shape index (κ1) is 13.7. The van der Waals surface area contributed by atoms with E-state index in [0.717, 1.165) is 31.9 Å². The van der Waals surface area contributed by atoms with E-state index in [2.05, 4.69) is 20.2 Å². The number of hydrogen-bond donors (Lipinski definition) is 2. The molecule has 6 heteroatoms. The Hall–Kier alpha value is -1.69. The molecule has 0 radical (unpaired) electrons. The molecule has 104 valence electrons. The molecule has 1 fully saturated rings. The number of rotatable bonds is 5. The summed E-state index contributed by atoms with van der Waals surface area (Å²) in [5.41, 5.74) is 0. The van der Waals surface area contributed by atoms with Crippen molar-refractivity contribution in [2.75, 3.05) is 31.1 Å². The smallest absolute Gasteiger partial charge is 0.225 e. The van der Waals surface area contributed by atoms with Crippen molar-refractivity contribution < 1.29 is 9.90 Å². The third kappa shape index (κ3) is 4.17. The summed E-state index contributed by atoms with van der Waals surface area (Å²) in [5.74, 6) is 1.22. The van der Waals surface area contributed by atoms with Crippen LogP contribution >= 0.6 is 0 Å². The van der Waals surface area contributed by atoms with Gasteiger partial charge >= 0.3 is 0 Å². The second-order valence-corrected chi connectivity index (χ2v) is 4.76. The van der Waals surface area contributed by atoms with Gasteiger partial charge in [-0.25, -0.2) is 9.97 Å². The minimum atomic E-state index is -0.00443. The van der Waals surface area contributed by atoms with Crippen molar-refractivity contribution in [2.45, 2.75) is 19.3 Å². The molecule has 2 N–H and O–H groups in total. The maximum Gasteiger partial charge on any atom is 0.225 e. The highest BCUT2D eigenvalue weighted by molar-refractivity contribution is 5.76. The van der Waals surface area contributed by atoms with Crippen LogP contribution < -0.4 is 10.2 Å². The minimum Gasteiger partial charge on any atom is -0.395 e. The fourth-order valence-electron chi connectivity index (χ4n) is 2.32. The Labute approximate surface area is 112 Å². The average molecular weight is 264 g/mol. The van der Waals surface area contributed by atoms with E-state index in [1.165, 1.54) is 0 Å². The van der Waals surface area contributed by atoms with Gasteiger partial charge in [-0.2, -0.15) is 0 Å². The molecule has 0 aromatic carbocycles. The lowest BCUT2D eigenvalue weighted by molar-refractivity contribution is -0.122. The van der Waals surface area contributed by atoms with Crippen LogP contribution in [0.1, 0.15) is 19.3 Å². The molecule has 0 unspecified atom stereocenters. The Morgan fingerprint density at radius 1 is 1.37 bits per heavy atom. The number of amides is 1. The number of nitrogens with one attached hydrogen (secondary N) is 1. The van der Waals surface area contributed by atoms with Crippen LogP contribution in [0.25, 0.3) is 0 Å². The monoisotopic (exact) mass is 264 g/mol. The number of aliphatic hydroxyl groups excluding tert-OH is 1. The highest BCUT2D eigenvalue weighted by Gasteiger charge is 2.22. The normalized spacial score (nSPS) is 16.4. The van der Waals surface area contributed by atoms with E-state index in [4.69, 9.17) is 5.11 Å². The molecule has 0 atom stereocenters. The first-order chi connectivity index (χ1) is 9.29. The molecule has 1 aromatic heterocycles. The molecule has 6 nitrogen and oxygen atoms in total. The van der Waals surface area contributed by atoms with Crippen LogP contribution in [-0.2, 0) is 4.79 Å². The van der Waals surface area contributed by atoms with Crippen LogP contribution in [0.4, 0.5) is 5.95 Å². The summed E-state index contributed by atoms with van der Waals surface area (Å²) in [5, 5.41) is 11.3. The van der Waals surface area contributed by atoms with Crippen molar-refractivity contribution >= 4 is 11.9 Å². The number of carbonyl (C=O) groups excluding carboxylic acids is 1. The number of aromatic nitrogens is 2. The SMILES string of the molecule is O=C(CC1CCN(c2ncccn2)CC1)NCCO. The van der Waals surface area contributed by atoms with E-state index in [-0.39, 0.29) is 12.5 Å². The predicted molar refractivity (Wildman–Crippen MR) is 71.7 cm³/mol. The number of piperidine rings is 1. The Bertz CT molecular complexity index is 391. The molecule has 0 aliphatic carbocycles. The third-order valence-electron chi connectivity index (χ3n) is 3.36. The molecule has 0 spiro atoms. The lowest BCUT2D eigenvalue weighted by Crippen LogP contribution is -2.37. The summed E-state index contributed by atoms with van der Waals surface area (Å²) in [6.45, 7) is 2.12. The van der Waals surface area contributed by atoms with Crippen molar-refractivity contribution in [1.82, 2.24) is 15.3 Å². The lowest BCUT2D eigenvalue weighted by atomic mass is 9.93. The fraction of sp³-hybridized carbons (Fsp3) is 0.615. The van der Waals surface area contributed by atoms with E-state index in [9.17, 15) is 4.79 Å². The second-order valence-electron chi connectivity index (χ2n) is 4.76. The summed E-state index contributed by atoms with van der Waals surface area (Å²) >= 11 is 0. The van der Waals surface area contributed by atoms with E-state index >= 15 is 0 Å². The van der Waals surface area contributed by atoms with Gasteiger partial charge in [0.15, 0.2) is 0 Å². The van der Waals surface area contributed by atoms with E-state index in [1.54, 1.807) is 12.4 Å². The summed E-state index contributed by atoms with van der Waals surface area (Å²) in [6.07, 6.45) is 5.99.